The number of carbonyl (C=O) groups is 2. The number of rotatable bonds is 2. The Kier molecular flexibility index (Phi) is 3.00. The minimum absolute atomic E-state index is 0.0917. The van der Waals surface area contributed by atoms with E-state index in [-0.39, 0.29) is 18.2 Å². The molecule has 1 N–H and O–H groups in total. The standard InChI is InChI=1S/C12H11N3O2/c1-2-11(16)13-10-8-12(17)15(14-10)9-6-4-3-5-7-9/h2-7H,1,8H2,(H,13,14,16). The number of benzene rings is 1. The van der Waals surface area contributed by atoms with Crippen LogP contribution in [0.15, 0.2) is 48.1 Å². The predicted octanol–water partition coefficient (Wildman–Crippen LogP) is 1.04. The number of hydrogen-bond donors (Lipinski definition) is 1. The molecule has 0 aliphatic carbocycles. The zero-order valence-corrected chi connectivity index (χ0v) is 9.09. The van der Waals surface area contributed by atoms with Gasteiger partial charge in [-0.25, -0.2) is 0 Å². The molecule has 0 fully saturated rings. The van der Waals surface area contributed by atoms with Gasteiger partial charge in [0.15, 0.2) is 0 Å². The molecule has 1 heterocycles. The first-order valence-corrected chi connectivity index (χ1v) is 5.09. The van der Waals surface area contributed by atoms with Crippen LogP contribution in [0.2, 0.25) is 0 Å². The molecule has 2 amide bonds. The number of para-hydroxylation sites is 1. The van der Waals surface area contributed by atoms with Crippen LogP contribution in [0.3, 0.4) is 0 Å². The van der Waals surface area contributed by atoms with Gasteiger partial charge >= 0.3 is 0 Å². The van der Waals surface area contributed by atoms with Gasteiger partial charge in [-0.2, -0.15) is 10.1 Å². The Morgan fingerprint density at radius 2 is 2.12 bits per heavy atom. The summed E-state index contributed by atoms with van der Waals surface area (Å²) < 4.78 is 0. The molecule has 1 aliphatic heterocycles. The predicted molar refractivity (Wildman–Crippen MR) is 64.3 cm³/mol. The maximum Gasteiger partial charge on any atom is 0.255 e. The van der Waals surface area contributed by atoms with E-state index in [0.717, 1.165) is 6.08 Å². The smallest absolute Gasteiger partial charge is 0.255 e. The van der Waals surface area contributed by atoms with Gasteiger partial charge in [0.1, 0.15) is 5.84 Å². The van der Waals surface area contributed by atoms with E-state index in [1.54, 1.807) is 12.1 Å². The second-order valence-electron chi connectivity index (χ2n) is 3.46. The van der Waals surface area contributed by atoms with Gasteiger partial charge < -0.3 is 5.32 Å². The van der Waals surface area contributed by atoms with Crippen LogP contribution in [-0.4, -0.2) is 17.6 Å². The van der Waals surface area contributed by atoms with E-state index < -0.39 is 0 Å². The second-order valence-corrected chi connectivity index (χ2v) is 3.46. The second kappa shape index (κ2) is 4.61. The van der Waals surface area contributed by atoms with Crippen molar-refractivity contribution in [2.75, 3.05) is 5.01 Å². The molecule has 0 radical (unpaired) electrons. The first-order chi connectivity index (χ1) is 8.20. The summed E-state index contributed by atoms with van der Waals surface area (Å²) in [6, 6.07) is 9.05. The van der Waals surface area contributed by atoms with Crippen molar-refractivity contribution in [3.05, 3.63) is 43.0 Å². The Balaban J connectivity index is 2.17. The number of amides is 2. The van der Waals surface area contributed by atoms with Crippen molar-refractivity contribution in [3.8, 4) is 0 Å². The van der Waals surface area contributed by atoms with Gasteiger partial charge in [-0.1, -0.05) is 24.8 Å². The summed E-state index contributed by atoms with van der Waals surface area (Å²) in [5.74, 6) is -0.203. The maximum atomic E-state index is 11.7. The number of hydrogen-bond acceptors (Lipinski definition) is 3. The van der Waals surface area contributed by atoms with Crippen LogP contribution in [0.4, 0.5) is 5.69 Å². The van der Waals surface area contributed by atoms with Crippen molar-refractivity contribution in [1.29, 1.82) is 0 Å². The number of amidine groups is 1. The van der Waals surface area contributed by atoms with Gasteiger partial charge in [0.25, 0.3) is 5.91 Å². The van der Waals surface area contributed by atoms with Crippen molar-refractivity contribution in [2.24, 2.45) is 5.10 Å². The highest BCUT2D eigenvalue weighted by molar-refractivity contribution is 6.16. The largest absolute Gasteiger partial charge is 0.309 e. The molecule has 0 unspecified atom stereocenters. The normalized spacial score (nSPS) is 14.5. The number of nitrogens with zero attached hydrogens (tertiary/aromatic N) is 2. The monoisotopic (exact) mass is 229 g/mol. The van der Waals surface area contributed by atoms with Crippen molar-refractivity contribution >= 4 is 23.3 Å². The SMILES string of the molecule is C=CC(=O)NC1=NN(c2ccccc2)C(=O)C1. The summed E-state index contributed by atoms with van der Waals surface area (Å²) in [5, 5.41) is 7.81. The molecule has 17 heavy (non-hydrogen) atoms. The number of nitrogens with one attached hydrogen (secondary N) is 1. The fourth-order valence-electron chi connectivity index (χ4n) is 1.46. The average molecular weight is 229 g/mol. The van der Waals surface area contributed by atoms with Gasteiger partial charge in [-0.3, -0.25) is 9.59 Å². The fraction of sp³-hybridized carbons (Fsp3) is 0.0833. The summed E-state index contributed by atoms with van der Waals surface area (Å²) in [4.78, 5) is 22.8. The Bertz CT molecular complexity index is 494. The van der Waals surface area contributed by atoms with Gasteiger partial charge in [0, 0.05) is 0 Å². The molecule has 86 valence electrons. The highest BCUT2D eigenvalue weighted by atomic mass is 16.2. The van der Waals surface area contributed by atoms with E-state index in [4.69, 9.17) is 0 Å². The fourth-order valence-corrected chi connectivity index (χ4v) is 1.46. The molecular weight excluding hydrogens is 218 g/mol. The third-order valence-corrected chi connectivity index (χ3v) is 2.23. The van der Waals surface area contributed by atoms with Crippen molar-refractivity contribution in [1.82, 2.24) is 5.32 Å². The van der Waals surface area contributed by atoms with Crippen LogP contribution < -0.4 is 10.3 Å². The lowest BCUT2D eigenvalue weighted by atomic mass is 10.3. The van der Waals surface area contributed by atoms with Crippen LogP contribution in [0, 0.1) is 0 Å². The summed E-state index contributed by atoms with van der Waals surface area (Å²) in [6.07, 6.45) is 1.23. The van der Waals surface area contributed by atoms with E-state index in [2.05, 4.69) is 17.0 Å². The van der Waals surface area contributed by atoms with Crippen molar-refractivity contribution < 1.29 is 9.59 Å². The molecule has 0 aromatic heterocycles. The summed E-state index contributed by atoms with van der Waals surface area (Å²) in [7, 11) is 0. The lowest BCUT2D eigenvalue weighted by Crippen LogP contribution is -2.27. The molecule has 1 aliphatic rings. The minimum atomic E-state index is -0.369. The molecule has 5 heteroatoms. The average Bonchev–Trinajstić information content (AvgIpc) is 2.71. The zero-order chi connectivity index (χ0) is 12.3. The van der Waals surface area contributed by atoms with Crippen LogP contribution in [-0.2, 0) is 9.59 Å². The van der Waals surface area contributed by atoms with Crippen molar-refractivity contribution in [3.63, 3.8) is 0 Å². The van der Waals surface area contributed by atoms with E-state index >= 15 is 0 Å². The van der Waals surface area contributed by atoms with Gasteiger partial charge in [0.2, 0.25) is 5.91 Å². The Morgan fingerprint density at radius 1 is 1.41 bits per heavy atom. The van der Waals surface area contributed by atoms with Crippen LogP contribution >= 0.6 is 0 Å². The number of anilines is 1. The van der Waals surface area contributed by atoms with Gasteiger partial charge in [-0.15, -0.1) is 0 Å². The summed E-state index contributed by atoms with van der Waals surface area (Å²) in [6.45, 7) is 3.33. The highest BCUT2D eigenvalue weighted by Gasteiger charge is 2.25. The quantitative estimate of drug-likeness (QED) is 0.770. The van der Waals surface area contributed by atoms with Crippen LogP contribution in [0.1, 0.15) is 6.42 Å². The topological polar surface area (TPSA) is 61.8 Å². The highest BCUT2D eigenvalue weighted by Crippen LogP contribution is 2.18. The zero-order valence-electron chi connectivity index (χ0n) is 9.09. The molecule has 1 aromatic rings. The van der Waals surface area contributed by atoms with Crippen molar-refractivity contribution in [2.45, 2.75) is 6.42 Å². The molecule has 0 spiro atoms. The molecule has 0 atom stereocenters. The first-order valence-electron chi connectivity index (χ1n) is 5.09. The summed E-state index contributed by atoms with van der Waals surface area (Å²) >= 11 is 0. The van der Waals surface area contributed by atoms with Crippen LogP contribution in [0.25, 0.3) is 0 Å². The van der Waals surface area contributed by atoms with Gasteiger partial charge in [-0.05, 0) is 18.2 Å². The molecule has 1 aromatic carbocycles. The van der Waals surface area contributed by atoms with E-state index in [0.29, 0.717) is 11.5 Å². The molecule has 0 saturated carbocycles. The third kappa shape index (κ3) is 2.39. The van der Waals surface area contributed by atoms with Gasteiger partial charge in [0.05, 0.1) is 12.1 Å². The van der Waals surface area contributed by atoms with E-state index in [1.807, 2.05) is 18.2 Å². The van der Waals surface area contributed by atoms with E-state index in [1.165, 1.54) is 5.01 Å². The Labute approximate surface area is 98.4 Å². The molecule has 0 saturated heterocycles. The molecular formula is C12H11N3O2. The molecule has 2 rings (SSSR count). The lowest BCUT2D eigenvalue weighted by Gasteiger charge is -2.10. The minimum Gasteiger partial charge on any atom is -0.309 e. The third-order valence-electron chi connectivity index (χ3n) is 2.23. The van der Waals surface area contributed by atoms with E-state index in [9.17, 15) is 9.59 Å². The van der Waals surface area contributed by atoms with Crippen LogP contribution in [0.5, 0.6) is 0 Å². The summed E-state index contributed by atoms with van der Waals surface area (Å²) in [5.41, 5.74) is 0.681. The lowest BCUT2D eigenvalue weighted by molar-refractivity contribution is -0.116. The first kappa shape index (κ1) is 11.1. The Morgan fingerprint density at radius 3 is 2.76 bits per heavy atom. The molecule has 5 nitrogen and oxygen atoms in total. The Hall–Kier alpha value is -2.43. The number of carbonyl (C=O) groups excluding carboxylic acids is 2. The molecule has 0 bridgehead atoms. The number of hydrazone groups is 1. The maximum absolute atomic E-state index is 11.7.